The van der Waals surface area contributed by atoms with Gasteiger partial charge in [0.15, 0.2) is 12.0 Å². The third-order valence-electron chi connectivity index (χ3n) is 1.39. The van der Waals surface area contributed by atoms with E-state index in [4.69, 9.17) is 0 Å². The number of carbonyl (C=O) groups excluding carboxylic acids is 1. The van der Waals surface area contributed by atoms with Gasteiger partial charge in [0.1, 0.15) is 0 Å². The third-order valence-corrected chi connectivity index (χ3v) is 2.89. The van der Waals surface area contributed by atoms with Crippen molar-refractivity contribution in [2.24, 2.45) is 0 Å². The number of carbonyl (C=O) groups is 1. The van der Waals surface area contributed by atoms with E-state index in [2.05, 4.69) is 6.58 Å². The van der Waals surface area contributed by atoms with Crippen molar-refractivity contribution in [3.63, 3.8) is 0 Å². The predicted molar refractivity (Wildman–Crippen MR) is 38.6 cm³/mol. The molecule has 1 aliphatic heterocycles. The maximum Gasteiger partial charge on any atom is 0.184 e. The molecule has 0 bridgehead atoms. The predicted octanol–water partition coefficient (Wildman–Crippen LogP) is 2.04. The van der Waals surface area contributed by atoms with Gasteiger partial charge in [-0.15, -0.1) is 0 Å². The maximum atomic E-state index is 12.5. The highest BCUT2D eigenvalue weighted by atomic mass is 32.3. The van der Waals surface area contributed by atoms with Crippen LogP contribution in [0.1, 0.15) is 0 Å². The number of hydrogen-bond acceptors (Lipinski definition) is 1. The molecule has 0 saturated carbocycles. The largest absolute Gasteiger partial charge is 0.295 e. The van der Waals surface area contributed by atoms with Crippen LogP contribution in [0.4, 0.5) is 12.2 Å². The second kappa shape index (κ2) is 2.55. The summed E-state index contributed by atoms with van der Waals surface area (Å²) in [5.74, 6) is -2.56. The fourth-order valence-corrected chi connectivity index (χ4v) is 2.26. The van der Waals surface area contributed by atoms with Crippen LogP contribution in [0.2, 0.25) is 0 Å². The summed E-state index contributed by atoms with van der Waals surface area (Å²) >= 11 is 0. The average Bonchev–Trinajstić information content (AvgIpc) is 1.81. The molecule has 0 N–H and O–H groups in total. The van der Waals surface area contributed by atoms with E-state index in [0.717, 1.165) is 0 Å². The van der Waals surface area contributed by atoms with Gasteiger partial charge in [0.05, 0.1) is 22.3 Å². The highest BCUT2D eigenvalue weighted by Crippen LogP contribution is 2.55. The van der Waals surface area contributed by atoms with Gasteiger partial charge >= 0.3 is 0 Å². The van der Waals surface area contributed by atoms with Crippen LogP contribution >= 0.6 is 10.8 Å². The van der Waals surface area contributed by atoms with E-state index in [-0.39, 0.29) is 5.57 Å². The van der Waals surface area contributed by atoms with Crippen LogP contribution < -0.4 is 0 Å². The van der Waals surface area contributed by atoms with E-state index in [9.17, 15) is 17.0 Å². The molecule has 1 saturated heterocycles. The molecule has 0 aromatic heterocycles. The molecule has 0 spiro atoms. The molecule has 1 heterocycles. The van der Waals surface area contributed by atoms with Crippen LogP contribution in [-0.2, 0) is 4.79 Å². The Labute approximate surface area is 64.2 Å². The Balaban J connectivity index is 2.78. The Morgan fingerprint density at radius 3 is 2.45 bits per heavy atom. The normalized spacial score (nSPS) is 33.5. The Bertz CT molecular complexity index is 194. The Morgan fingerprint density at radius 1 is 1.45 bits per heavy atom. The second-order valence-electron chi connectivity index (χ2n) is 2.47. The van der Waals surface area contributed by atoms with E-state index >= 15 is 0 Å². The first-order valence-corrected chi connectivity index (χ1v) is 4.72. The van der Waals surface area contributed by atoms with Crippen LogP contribution in [0.25, 0.3) is 0 Å². The van der Waals surface area contributed by atoms with E-state index in [0.29, 0.717) is 0 Å². The van der Waals surface area contributed by atoms with Gasteiger partial charge in [-0.2, -0.15) is 7.77 Å². The van der Waals surface area contributed by atoms with Crippen LogP contribution in [0, 0.1) is 0 Å². The van der Waals surface area contributed by atoms with Gasteiger partial charge in [0.2, 0.25) is 0 Å². The molecule has 1 atom stereocenters. The highest BCUT2D eigenvalue weighted by Gasteiger charge is 2.39. The fourth-order valence-electron chi connectivity index (χ4n) is 0.904. The molecule has 1 nitrogen and oxygen atoms in total. The van der Waals surface area contributed by atoms with Crippen molar-refractivity contribution < 1.29 is 17.0 Å². The molecule has 1 fully saturated rings. The lowest BCUT2D eigenvalue weighted by Crippen LogP contribution is -2.30. The molecule has 0 amide bonds. The first-order chi connectivity index (χ1) is 4.92. The van der Waals surface area contributed by atoms with E-state index in [1.165, 1.54) is 0 Å². The number of hydrogen-bond donors (Lipinski definition) is 0. The summed E-state index contributed by atoms with van der Waals surface area (Å²) in [4.78, 5) is 10.5. The number of ketones is 1. The molecular weight excluding hydrogens is 177 g/mol. The number of halogens is 3. The first-order valence-electron chi connectivity index (χ1n) is 2.95. The van der Waals surface area contributed by atoms with Gasteiger partial charge in [-0.3, -0.25) is 4.79 Å². The quantitative estimate of drug-likeness (QED) is 0.526. The van der Waals surface area contributed by atoms with Crippen molar-refractivity contribution in [3.8, 4) is 0 Å². The van der Waals surface area contributed by atoms with Gasteiger partial charge in [0, 0.05) is 0 Å². The van der Waals surface area contributed by atoms with Gasteiger partial charge in [0.25, 0.3) is 0 Å². The average molecular weight is 184 g/mol. The lowest BCUT2D eigenvalue weighted by atomic mass is 10.1. The van der Waals surface area contributed by atoms with Gasteiger partial charge in [-0.05, 0) is 5.57 Å². The van der Waals surface area contributed by atoms with Crippen molar-refractivity contribution in [1.29, 1.82) is 0 Å². The van der Waals surface area contributed by atoms with E-state index in [1.54, 1.807) is 0 Å². The highest BCUT2D eigenvalue weighted by molar-refractivity contribution is 8.26. The SMILES string of the molecule is C=C1CS(F)(F)CC(=O)C1F. The minimum absolute atomic E-state index is 0.277. The molecule has 5 heteroatoms. The van der Waals surface area contributed by atoms with E-state index < -0.39 is 34.3 Å². The Morgan fingerprint density at radius 2 is 2.00 bits per heavy atom. The molecule has 1 unspecified atom stereocenters. The maximum absolute atomic E-state index is 12.5. The van der Waals surface area contributed by atoms with Crippen molar-refractivity contribution >= 4 is 16.6 Å². The van der Waals surface area contributed by atoms with Gasteiger partial charge in [-0.25, -0.2) is 4.39 Å². The van der Waals surface area contributed by atoms with Crippen molar-refractivity contribution in [3.05, 3.63) is 12.2 Å². The van der Waals surface area contributed by atoms with Crippen molar-refractivity contribution in [1.82, 2.24) is 0 Å². The summed E-state index contributed by atoms with van der Waals surface area (Å²) in [5, 5.41) is 0. The topological polar surface area (TPSA) is 17.1 Å². The second-order valence-corrected chi connectivity index (χ2v) is 4.45. The summed E-state index contributed by atoms with van der Waals surface area (Å²) in [7, 11) is -3.90. The smallest absolute Gasteiger partial charge is 0.184 e. The summed E-state index contributed by atoms with van der Waals surface area (Å²) in [6.45, 7) is 3.09. The molecule has 0 aromatic carbocycles. The molecule has 1 aliphatic rings. The minimum atomic E-state index is -3.90. The fraction of sp³-hybridized carbons (Fsp3) is 0.500. The first kappa shape index (κ1) is 8.64. The minimum Gasteiger partial charge on any atom is -0.295 e. The molecule has 0 aromatic rings. The summed E-state index contributed by atoms with van der Waals surface area (Å²) in [6, 6.07) is 0. The summed E-state index contributed by atoms with van der Waals surface area (Å²) in [6.07, 6.45) is -1.86. The number of Topliss-reactive ketones (excluding diaryl/α,β-unsaturated/α-hetero) is 1. The molecule has 0 radical (unpaired) electrons. The van der Waals surface area contributed by atoms with Gasteiger partial charge in [-0.1, -0.05) is 6.58 Å². The monoisotopic (exact) mass is 184 g/mol. The lowest BCUT2D eigenvalue weighted by molar-refractivity contribution is -0.120. The van der Waals surface area contributed by atoms with Crippen LogP contribution in [0.3, 0.4) is 0 Å². The zero-order valence-corrected chi connectivity index (χ0v) is 6.47. The lowest BCUT2D eigenvalue weighted by Gasteiger charge is -2.27. The van der Waals surface area contributed by atoms with Gasteiger partial charge < -0.3 is 0 Å². The van der Waals surface area contributed by atoms with Crippen LogP contribution in [-0.4, -0.2) is 23.5 Å². The zero-order chi connectivity index (χ0) is 8.65. The molecule has 64 valence electrons. The molecular formula is C6H7F3OS. The van der Waals surface area contributed by atoms with Crippen molar-refractivity contribution in [2.75, 3.05) is 11.5 Å². The van der Waals surface area contributed by atoms with E-state index in [1.807, 2.05) is 0 Å². The Hall–Kier alpha value is -0.450. The Kier molecular flexibility index (Phi) is 2.00. The number of rotatable bonds is 0. The number of alkyl halides is 1. The van der Waals surface area contributed by atoms with Crippen molar-refractivity contribution in [2.45, 2.75) is 6.17 Å². The summed E-state index contributed by atoms with van der Waals surface area (Å²) < 4.78 is 37.6. The standard InChI is InChI=1S/C6H7F3OS/c1-4-2-11(8,9)3-5(10)6(4)7/h6H,1-3H2. The van der Waals surface area contributed by atoms with Crippen LogP contribution in [0.15, 0.2) is 12.2 Å². The molecule has 1 rings (SSSR count). The zero-order valence-electron chi connectivity index (χ0n) is 5.65. The molecule has 11 heavy (non-hydrogen) atoms. The summed E-state index contributed by atoms with van der Waals surface area (Å²) in [5.41, 5.74) is -0.277. The third kappa shape index (κ3) is 1.77. The molecule has 0 aliphatic carbocycles. The van der Waals surface area contributed by atoms with Crippen LogP contribution in [0.5, 0.6) is 0 Å².